The number of amides is 2. The predicted molar refractivity (Wildman–Crippen MR) is 143 cm³/mol. The lowest BCUT2D eigenvalue weighted by atomic mass is 9.99. The summed E-state index contributed by atoms with van der Waals surface area (Å²) in [7, 11) is 1.94. The van der Waals surface area contributed by atoms with Gasteiger partial charge in [0.1, 0.15) is 0 Å². The van der Waals surface area contributed by atoms with E-state index in [-0.39, 0.29) is 23.9 Å². The van der Waals surface area contributed by atoms with E-state index in [0.29, 0.717) is 6.42 Å². The van der Waals surface area contributed by atoms with E-state index in [9.17, 15) is 9.59 Å². The van der Waals surface area contributed by atoms with Crippen molar-refractivity contribution in [3.05, 3.63) is 58.9 Å². The lowest BCUT2D eigenvalue weighted by molar-refractivity contribution is -0.122. The fourth-order valence-electron chi connectivity index (χ4n) is 6.39. The summed E-state index contributed by atoms with van der Waals surface area (Å²) >= 11 is 0. The molecule has 1 aromatic carbocycles. The van der Waals surface area contributed by atoms with E-state index in [0.717, 1.165) is 67.9 Å². The van der Waals surface area contributed by atoms with E-state index in [1.165, 1.54) is 36.9 Å². The molecule has 1 saturated heterocycles. The number of rotatable bonds is 7. The first kappa shape index (κ1) is 24.8. The van der Waals surface area contributed by atoms with Crippen molar-refractivity contribution < 1.29 is 9.59 Å². The molecule has 6 heteroatoms. The van der Waals surface area contributed by atoms with Gasteiger partial charge in [0.15, 0.2) is 0 Å². The Hall–Kier alpha value is -2.89. The van der Waals surface area contributed by atoms with E-state index in [4.69, 9.17) is 0 Å². The molecule has 1 atom stereocenters. The number of fused-ring (bicyclic) bond motifs is 1. The van der Waals surface area contributed by atoms with Crippen LogP contribution in [-0.4, -0.2) is 47.9 Å². The monoisotopic (exact) mass is 488 g/mol. The average Bonchev–Trinajstić information content (AvgIpc) is 3.57. The summed E-state index contributed by atoms with van der Waals surface area (Å²) in [5, 5.41) is 3.27. The molecule has 0 radical (unpaired) electrons. The topological polar surface area (TPSA) is 65.5 Å². The summed E-state index contributed by atoms with van der Waals surface area (Å²) < 4.78 is 0. The van der Waals surface area contributed by atoms with Crippen LogP contribution < -0.4 is 10.2 Å². The number of hydrogen-bond acceptors (Lipinski definition) is 4. The van der Waals surface area contributed by atoms with Gasteiger partial charge in [-0.05, 0) is 80.3 Å². The number of nitrogens with one attached hydrogen (secondary N) is 1. The molecule has 5 rings (SSSR count). The third kappa shape index (κ3) is 5.58. The highest BCUT2D eigenvalue weighted by Crippen LogP contribution is 2.33. The van der Waals surface area contributed by atoms with Crippen LogP contribution in [0.2, 0.25) is 0 Å². The van der Waals surface area contributed by atoms with Gasteiger partial charge in [-0.25, -0.2) is 0 Å². The summed E-state index contributed by atoms with van der Waals surface area (Å²) in [6.45, 7) is 3.89. The molecular formula is C30H40N4O2. The number of anilines is 1. The Balaban J connectivity index is 1.17. The summed E-state index contributed by atoms with van der Waals surface area (Å²) in [5.41, 5.74) is 5.37. The normalized spacial score (nSPS) is 20.4. The van der Waals surface area contributed by atoms with E-state index in [2.05, 4.69) is 33.4 Å². The van der Waals surface area contributed by atoms with Crippen LogP contribution in [0.3, 0.4) is 0 Å². The number of nitrogens with zero attached hydrogens (tertiary/aromatic N) is 3. The highest BCUT2D eigenvalue weighted by Gasteiger charge is 2.29. The molecule has 0 spiro atoms. The van der Waals surface area contributed by atoms with Gasteiger partial charge in [-0.3, -0.25) is 14.6 Å². The van der Waals surface area contributed by atoms with E-state index >= 15 is 0 Å². The first-order valence-electron chi connectivity index (χ1n) is 13.8. The first-order chi connectivity index (χ1) is 17.5. The number of benzene rings is 1. The van der Waals surface area contributed by atoms with Crippen molar-refractivity contribution in [3.63, 3.8) is 0 Å². The molecular weight excluding hydrogens is 448 g/mol. The Kier molecular flexibility index (Phi) is 7.59. The van der Waals surface area contributed by atoms with Crippen molar-refractivity contribution in [2.45, 2.75) is 83.2 Å². The number of piperidine rings is 1. The number of carbonyl (C=O) groups is 2. The van der Waals surface area contributed by atoms with Crippen molar-refractivity contribution >= 4 is 17.5 Å². The highest BCUT2D eigenvalue weighted by molar-refractivity contribution is 5.94. The molecule has 2 heterocycles. The van der Waals surface area contributed by atoms with Crippen LogP contribution in [0.25, 0.3) is 0 Å². The number of hydrogen-bond donors (Lipinski definition) is 1. The molecule has 1 N–H and O–H groups in total. The van der Waals surface area contributed by atoms with Crippen LogP contribution in [-0.2, 0) is 11.2 Å². The number of pyridine rings is 1. The van der Waals surface area contributed by atoms with E-state index < -0.39 is 0 Å². The quantitative estimate of drug-likeness (QED) is 0.581. The maximum Gasteiger partial charge on any atom is 0.253 e. The molecule has 1 saturated carbocycles. The minimum Gasteiger partial charge on any atom is -0.371 e. The molecule has 36 heavy (non-hydrogen) atoms. The molecule has 2 amide bonds. The van der Waals surface area contributed by atoms with Crippen LogP contribution in [0.1, 0.15) is 91.0 Å². The van der Waals surface area contributed by atoms with Gasteiger partial charge in [0.25, 0.3) is 5.91 Å². The molecule has 0 bridgehead atoms. The number of aromatic nitrogens is 1. The molecule has 192 valence electrons. The molecule has 3 aliphatic rings. The molecule has 6 nitrogen and oxygen atoms in total. The summed E-state index contributed by atoms with van der Waals surface area (Å²) in [5.74, 6) is 0.964. The Labute approximate surface area is 215 Å². The van der Waals surface area contributed by atoms with Gasteiger partial charge < -0.3 is 15.1 Å². The Bertz CT molecular complexity index is 1090. The van der Waals surface area contributed by atoms with Crippen LogP contribution in [0.15, 0.2) is 36.5 Å². The zero-order chi connectivity index (χ0) is 25.1. The maximum absolute atomic E-state index is 13.4. The van der Waals surface area contributed by atoms with Gasteiger partial charge in [0, 0.05) is 55.7 Å². The molecule has 1 aromatic heterocycles. The van der Waals surface area contributed by atoms with Crippen molar-refractivity contribution in [1.29, 1.82) is 0 Å². The highest BCUT2D eigenvalue weighted by atomic mass is 16.2. The van der Waals surface area contributed by atoms with Crippen molar-refractivity contribution in [1.82, 2.24) is 15.2 Å². The zero-order valence-corrected chi connectivity index (χ0v) is 21.8. The Morgan fingerprint density at radius 2 is 1.83 bits per heavy atom. The smallest absolute Gasteiger partial charge is 0.253 e. The Morgan fingerprint density at radius 1 is 1.06 bits per heavy atom. The second-order valence-corrected chi connectivity index (χ2v) is 11.1. The third-order valence-electron chi connectivity index (χ3n) is 8.64. The van der Waals surface area contributed by atoms with Crippen LogP contribution in [0, 0.1) is 12.8 Å². The van der Waals surface area contributed by atoms with Gasteiger partial charge in [0.05, 0.1) is 6.04 Å². The minimum atomic E-state index is 0.0289. The summed E-state index contributed by atoms with van der Waals surface area (Å²) in [4.78, 5) is 34.7. The standard InChI is InChI=1S/C30H40N4O2/c1-21-19-26(13-16-31-21)34-17-14-25(15-18-34)33(2)30(36)24-9-8-23-10-11-28(27(23)20-24)32-29(35)12-7-22-5-3-4-6-22/h8-9,13,16,19-20,22,25,28H,3-7,10-12,14-15,17-18H2,1-2H3,(H,32,35)/t28-/m1/s1. The maximum atomic E-state index is 13.4. The van der Waals surface area contributed by atoms with Gasteiger partial charge in [-0.15, -0.1) is 0 Å². The molecule has 1 aliphatic heterocycles. The summed E-state index contributed by atoms with van der Waals surface area (Å²) in [6.07, 6.45) is 12.5. The number of aryl methyl sites for hydroxylation is 2. The second-order valence-electron chi connectivity index (χ2n) is 11.1. The molecule has 2 aliphatic carbocycles. The van der Waals surface area contributed by atoms with E-state index in [1.54, 1.807) is 0 Å². The van der Waals surface area contributed by atoms with Gasteiger partial charge in [-0.2, -0.15) is 0 Å². The van der Waals surface area contributed by atoms with Crippen LogP contribution >= 0.6 is 0 Å². The lowest BCUT2D eigenvalue weighted by Crippen LogP contribution is -2.45. The zero-order valence-electron chi connectivity index (χ0n) is 21.8. The predicted octanol–water partition coefficient (Wildman–Crippen LogP) is 5.20. The first-order valence-corrected chi connectivity index (χ1v) is 13.8. The SMILES string of the molecule is Cc1cc(N2CCC(N(C)C(=O)c3ccc4c(c3)[C@H](NC(=O)CCC3CCCC3)CC4)CC2)ccn1. The third-order valence-corrected chi connectivity index (χ3v) is 8.64. The fourth-order valence-corrected chi connectivity index (χ4v) is 6.39. The summed E-state index contributed by atoms with van der Waals surface area (Å²) in [6, 6.07) is 10.6. The second kappa shape index (κ2) is 11.0. The van der Waals surface area contributed by atoms with Crippen molar-refractivity contribution in [2.75, 3.05) is 25.0 Å². The van der Waals surface area contributed by atoms with Crippen LogP contribution in [0.4, 0.5) is 5.69 Å². The van der Waals surface area contributed by atoms with Crippen molar-refractivity contribution in [2.24, 2.45) is 5.92 Å². The van der Waals surface area contributed by atoms with Crippen molar-refractivity contribution in [3.8, 4) is 0 Å². The Morgan fingerprint density at radius 3 is 2.58 bits per heavy atom. The van der Waals surface area contributed by atoms with Gasteiger partial charge in [0.2, 0.25) is 5.91 Å². The molecule has 2 fully saturated rings. The largest absolute Gasteiger partial charge is 0.371 e. The minimum absolute atomic E-state index is 0.0289. The van der Waals surface area contributed by atoms with Gasteiger partial charge in [-0.1, -0.05) is 31.7 Å². The molecule has 0 unspecified atom stereocenters. The lowest BCUT2D eigenvalue weighted by Gasteiger charge is -2.38. The van der Waals surface area contributed by atoms with E-state index in [1.807, 2.05) is 37.2 Å². The van der Waals surface area contributed by atoms with Gasteiger partial charge >= 0.3 is 0 Å². The van der Waals surface area contributed by atoms with Crippen LogP contribution in [0.5, 0.6) is 0 Å². The number of carbonyl (C=O) groups excluding carboxylic acids is 2. The average molecular weight is 489 g/mol. The fraction of sp³-hybridized carbons (Fsp3) is 0.567. The molecule has 2 aromatic rings.